The molecule has 1 rings (SSSR count). The first-order valence-corrected chi connectivity index (χ1v) is 5.29. The molecule has 0 fully saturated rings. The van der Waals surface area contributed by atoms with E-state index in [4.69, 9.17) is 10.5 Å². The molecule has 5 heteroatoms. The molecule has 0 aromatic heterocycles. The molecule has 0 spiro atoms. The van der Waals surface area contributed by atoms with Crippen molar-refractivity contribution in [3.63, 3.8) is 0 Å². The first-order valence-electron chi connectivity index (χ1n) is 5.29. The van der Waals surface area contributed by atoms with Crippen molar-refractivity contribution in [1.29, 1.82) is 0 Å². The molecule has 1 atom stereocenters. The van der Waals surface area contributed by atoms with Crippen molar-refractivity contribution in [2.45, 2.75) is 12.5 Å². The average Bonchev–Trinajstić information content (AvgIpc) is 2.31. The molecule has 92 valence electrons. The van der Waals surface area contributed by atoms with E-state index in [1.54, 1.807) is 0 Å². The summed E-state index contributed by atoms with van der Waals surface area (Å²) in [7, 11) is 1.46. The standard InChI is InChI=1S/C12H16N2O3/c1-17-11(9-5-3-2-4-6-9)12(16)14-8-7-10(13)15/h2-6,11H,7-8H2,1H3,(H2,13,15)(H,14,16). The predicted molar refractivity (Wildman–Crippen MR) is 63.0 cm³/mol. The SMILES string of the molecule is COC(C(=O)NCCC(N)=O)c1ccccc1. The molecule has 5 nitrogen and oxygen atoms in total. The van der Waals surface area contributed by atoms with Crippen LogP contribution in [0, 0.1) is 0 Å². The van der Waals surface area contributed by atoms with E-state index in [1.165, 1.54) is 7.11 Å². The second-order valence-electron chi connectivity index (χ2n) is 3.53. The summed E-state index contributed by atoms with van der Waals surface area (Å²) in [4.78, 5) is 22.3. The second kappa shape index (κ2) is 6.65. The first kappa shape index (κ1) is 13.2. The number of nitrogens with two attached hydrogens (primary N) is 1. The van der Waals surface area contributed by atoms with E-state index in [0.717, 1.165) is 5.56 Å². The van der Waals surface area contributed by atoms with Crippen LogP contribution in [-0.2, 0) is 14.3 Å². The van der Waals surface area contributed by atoms with Crippen molar-refractivity contribution in [2.24, 2.45) is 5.73 Å². The Labute approximate surface area is 99.9 Å². The number of hydrogen-bond donors (Lipinski definition) is 2. The van der Waals surface area contributed by atoms with Crippen LogP contribution in [0.15, 0.2) is 30.3 Å². The minimum Gasteiger partial charge on any atom is -0.370 e. The lowest BCUT2D eigenvalue weighted by Crippen LogP contribution is -2.32. The predicted octanol–water partition coefficient (Wildman–Crippen LogP) is 0.366. The molecule has 0 aliphatic carbocycles. The average molecular weight is 236 g/mol. The van der Waals surface area contributed by atoms with E-state index in [2.05, 4.69) is 5.32 Å². The number of nitrogens with one attached hydrogen (secondary N) is 1. The van der Waals surface area contributed by atoms with Gasteiger partial charge in [0.1, 0.15) is 0 Å². The van der Waals surface area contributed by atoms with Gasteiger partial charge < -0.3 is 15.8 Å². The summed E-state index contributed by atoms with van der Waals surface area (Å²) in [5.41, 5.74) is 5.75. The van der Waals surface area contributed by atoms with Gasteiger partial charge in [0.25, 0.3) is 5.91 Å². The third-order valence-corrected chi connectivity index (χ3v) is 2.25. The largest absolute Gasteiger partial charge is 0.370 e. The Balaban J connectivity index is 2.56. The van der Waals surface area contributed by atoms with Crippen LogP contribution in [0.5, 0.6) is 0 Å². The van der Waals surface area contributed by atoms with E-state index in [0.29, 0.717) is 0 Å². The highest BCUT2D eigenvalue weighted by Crippen LogP contribution is 2.15. The molecule has 0 aliphatic rings. The molecule has 0 bridgehead atoms. The molecule has 17 heavy (non-hydrogen) atoms. The van der Waals surface area contributed by atoms with Gasteiger partial charge in [-0.15, -0.1) is 0 Å². The Morgan fingerprint density at radius 2 is 2.00 bits per heavy atom. The van der Waals surface area contributed by atoms with Crippen LogP contribution in [0.25, 0.3) is 0 Å². The monoisotopic (exact) mass is 236 g/mol. The van der Waals surface area contributed by atoms with Gasteiger partial charge in [0.2, 0.25) is 5.91 Å². The number of methoxy groups -OCH3 is 1. The van der Waals surface area contributed by atoms with Gasteiger partial charge in [-0.2, -0.15) is 0 Å². The lowest BCUT2D eigenvalue weighted by molar-refractivity contribution is -0.131. The van der Waals surface area contributed by atoms with Gasteiger partial charge >= 0.3 is 0 Å². The molecular formula is C12H16N2O3. The van der Waals surface area contributed by atoms with Crippen molar-refractivity contribution in [2.75, 3.05) is 13.7 Å². The van der Waals surface area contributed by atoms with Gasteiger partial charge in [-0.05, 0) is 5.56 Å². The fourth-order valence-corrected chi connectivity index (χ4v) is 1.42. The minimum absolute atomic E-state index is 0.122. The van der Waals surface area contributed by atoms with Crippen LogP contribution in [0.3, 0.4) is 0 Å². The molecule has 1 aromatic carbocycles. The normalized spacial score (nSPS) is 11.8. The topological polar surface area (TPSA) is 81.4 Å². The van der Waals surface area contributed by atoms with Gasteiger partial charge in [-0.25, -0.2) is 0 Å². The minimum atomic E-state index is -0.663. The van der Waals surface area contributed by atoms with Crippen molar-refractivity contribution < 1.29 is 14.3 Å². The highest BCUT2D eigenvalue weighted by molar-refractivity contribution is 5.83. The number of carbonyl (C=O) groups is 2. The highest BCUT2D eigenvalue weighted by Gasteiger charge is 2.19. The summed E-state index contributed by atoms with van der Waals surface area (Å²) in [5, 5.41) is 2.60. The van der Waals surface area contributed by atoms with Gasteiger partial charge in [0.15, 0.2) is 6.10 Å². The number of hydrogen-bond acceptors (Lipinski definition) is 3. The molecule has 1 aromatic rings. The lowest BCUT2D eigenvalue weighted by Gasteiger charge is -2.15. The molecule has 3 N–H and O–H groups in total. The lowest BCUT2D eigenvalue weighted by atomic mass is 10.1. The number of carbonyl (C=O) groups excluding carboxylic acids is 2. The van der Waals surface area contributed by atoms with Gasteiger partial charge in [0, 0.05) is 20.1 Å². The number of amides is 2. The molecular weight excluding hydrogens is 220 g/mol. The molecule has 0 aliphatic heterocycles. The number of ether oxygens (including phenoxy) is 1. The summed E-state index contributed by atoms with van der Waals surface area (Å²) < 4.78 is 5.13. The maximum atomic E-state index is 11.8. The van der Waals surface area contributed by atoms with Crippen LogP contribution < -0.4 is 11.1 Å². The van der Waals surface area contributed by atoms with Crippen molar-refractivity contribution in [3.05, 3.63) is 35.9 Å². The van der Waals surface area contributed by atoms with Crippen LogP contribution in [-0.4, -0.2) is 25.5 Å². The second-order valence-corrected chi connectivity index (χ2v) is 3.53. The van der Waals surface area contributed by atoms with Crippen molar-refractivity contribution >= 4 is 11.8 Å². The van der Waals surface area contributed by atoms with Gasteiger partial charge in [-0.3, -0.25) is 9.59 Å². The summed E-state index contributed by atoms with van der Waals surface area (Å²) in [6, 6.07) is 9.14. The zero-order chi connectivity index (χ0) is 12.7. The maximum Gasteiger partial charge on any atom is 0.253 e. The van der Waals surface area contributed by atoms with E-state index in [9.17, 15) is 9.59 Å². The fraction of sp³-hybridized carbons (Fsp3) is 0.333. The van der Waals surface area contributed by atoms with E-state index in [1.807, 2.05) is 30.3 Å². The van der Waals surface area contributed by atoms with Crippen LogP contribution in [0.4, 0.5) is 0 Å². The van der Waals surface area contributed by atoms with Crippen molar-refractivity contribution in [1.82, 2.24) is 5.32 Å². The molecule has 2 amide bonds. The van der Waals surface area contributed by atoms with E-state index in [-0.39, 0.29) is 18.9 Å². The summed E-state index contributed by atoms with van der Waals surface area (Å²) in [5.74, 6) is -0.723. The fourth-order valence-electron chi connectivity index (χ4n) is 1.42. The Morgan fingerprint density at radius 1 is 1.35 bits per heavy atom. The van der Waals surface area contributed by atoms with Crippen molar-refractivity contribution in [3.8, 4) is 0 Å². The maximum absolute atomic E-state index is 11.8. The smallest absolute Gasteiger partial charge is 0.253 e. The van der Waals surface area contributed by atoms with Crippen LogP contribution in [0.2, 0.25) is 0 Å². The van der Waals surface area contributed by atoms with Crippen LogP contribution in [0.1, 0.15) is 18.1 Å². The summed E-state index contributed by atoms with van der Waals surface area (Å²) in [6.45, 7) is 0.223. The molecule has 0 saturated heterocycles. The number of rotatable bonds is 6. The van der Waals surface area contributed by atoms with E-state index >= 15 is 0 Å². The Kier molecular flexibility index (Phi) is 5.16. The summed E-state index contributed by atoms with van der Waals surface area (Å²) >= 11 is 0. The van der Waals surface area contributed by atoms with Gasteiger partial charge in [-0.1, -0.05) is 30.3 Å². The zero-order valence-electron chi connectivity index (χ0n) is 9.68. The highest BCUT2D eigenvalue weighted by atomic mass is 16.5. The molecule has 1 unspecified atom stereocenters. The summed E-state index contributed by atoms with van der Waals surface area (Å²) in [6.07, 6.45) is -0.541. The Hall–Kier alpha value is -1.88. The Morgan fingerprint density at radius 3 is 2.53 bits per heavy atom. The molecule has 0 heterocycles. The number of primary amides is 1. The Bertz CT molecular complexity index is 379. The molecule has 0 saturated carbocycles. The number of benzene rings is 1. The molecule has 0 radical (unpaired) electrons. The van der Waals surface area contributed by atoms with Crippen LogP contribution >= 0.6 is 0 Å². The first-order chi connectivity index (χ1) is 8.15. The third kappa shape index (κ3) is 4.24. The van der Waals surface area contributed by atoms with E-state index < -0.39 is 12.0 Å². The third-order valence-electron chi connectivity index (χ3n) is 2.25. The quantitative estimate of drug-likeness (QED) is 0.748. The zero-order valence-corrected chi connectivity index (χ0v) is 9.68. The van der Waals surface area contributed by atoms with Gasteiger partial charge in [0.05, 0.1) is 0 Å².